The maximum Gasteiger partial charge on any atom is 0.573 e. The number of alkyl halides is 3. The molecule has 5 rings (SSSR count). The Kier molecular flexibility index (Phi) is 8.95. The van der Waals surface area contributed by atoms with Crippen molar-refractivity contribution in [1.82, 2.24) is 9.78 Å². The van der Waals surface area contributed by atoms with Gasteiger partial charge in [0, 0.05) is 11.3 Å². The summed E-state index contributed by atoms with van der Waals surface area (Å²) in [7, 11) is 0. The number of carbonyl (C=O) groups is 3. The summed E-state index contributed by atoms with van der Waals surface area (Å²) in [6.07, 6.45) is -3.24. The maximum absolute atomic E-state index is 12.8. The molecule has 0 radical (unpaired) electrons. The molecule has 14 heteroatoms. The number of hydrogen-bond acceptors (Lipinski definition) is 6. The number of aryl methyl sites for hydroxylation is 1. The van der Waals surface area contributed by atoms with Gasteiger partial charge in [0.05, 0.1) is 34.7 Å². The average Bonchev–Trinajstić information content (AvgIpc) is 3.53. The third-order valence-corrected chi connectivity index (χ3v) is 7.57. The Morgan fingerprint density at radius 1 is 1.00 bits per heavy atom. The molecule has 0 saturated carbocycles. The fourth-order valence-electron chi connectivity index (χ4n) is 4.51. The van der Waals surface area contributed by atoms with Crippen molar-refractivity contribution in [3.05, 3.63) is 95.8 Å². The molecule has 1 aromatic heterocycles. The van der Waals surface area contributed by atoms with E-state index in [-0.39, 0.29) is 23.1 Å². The van der Waals surface area contributed by atoms with Crippen LogP contribution in [0, 0.1) is 6.92 Å². The molecule has 1 aliphatic heterocycles. The van der Waals surface area contributed by atoms with Gasteiger partial charge in [0.2, 0.25) is 5.91 Å². The first kappa shape index (κ1) is 31.3. The highest BCUT2D eigenvalue weighted by Crippen LogP contribution is 2.33. The molecule has 4 aromatic rings. The first-order valence-electron chi connectivity index (χ1n) is 13.7. The van der Waals surface area contributed by atoms with Gasteiger partial charge in [-0.05, 0) is 73.0 Å². The van der Waals surface area contributed by atoms with E-state index < -0.39 is 24.1 Å². The Morgan fingerprint density at radius 3 is 2.36 bits per heavy atom. The van der Waals surface area contributed by atoms with Crippen molar-refractivity contribution >= 4 is 51.8 Å². The van der Waals surface area contributed by atoms with Gasteiger partial charge in [-0.3, -0.25) is 14.5 Å². The van der Waals surface area contributed by atoms with Crippen molar-refractivity contribution in [1.29, 1.82) is 0 Å². The van der Waals surface area contributed by atoms with Crippen molar-refractivity contribution in [3.8, 4) is 11.4 Å². The first-order chi connectivity index (χ1) is 21.4. The van der Waals surface area contributed by atoms with Gasteiger partial charge < -0.3 is 15.4 Å². The maximum atomic E-state index is 12.8. The molecule has 4 amide bonds. The van der Waals surface area contributed by atoms with Crippen LogP contribution < -0.4 is 20.3 Å². The summed E-state index contributed by atoms with van der Waals surface area (Å²) in [4.78, 5) is 43.8. The number of amides is 4. The van der Waals surface area contributed by atoms with Crippen molar-refractivity contribution in [2.24, 2.45) is 4.99 Å². The van der Waals surface area contributed by atoms with Crippen molar-refractivity contribution in [2.75, 3.05) is 21.3 Å². The molecule has 3 aromatic carbocycles. The van der Waals surface area contributed by atoms with E-state index in [1.54, 1.807) is 37.4 Å². The van der Waals surface area contributed by atoms with Gasteiger partial charge in [0.15, 0.2) is 5.17 Å². The third-order valence-electron chi connectivity index (χ3n) is 6.64. The fraction of sp³-hybridized carbons (Fsp3) is 0.194. The zero-order valence-corrected chi connectivity index (χ0v) is 25.1. The Labute approximate surface area is 260 Å². The van der Waals surface area contributed by atoms with Crippen molar-refractivity contribution < 1.29 is 32.3 Å². The monoisotopic (exact) mass is 636 g/mol. The molecule has 45 heavy (non-hydrogen) atoms. The molecule has 2 heterocycles. The van der Waals surface area contributed by atoms with Gasteiger partial charge in [-0.2, -0.15) is 10.1 Å². The molecule has 0 spiro atoms. The molecule has 0 bridgehead atoms. The molecular formula is C31H27F3N6O4S. The number of nitrogens with zero attached hydrogens (tertiary/aromatic N) is 4. The number of carbonyl (C=O) groups excluding carboxylic acids is 3. The predicted octanol–water partition coefficient (Wildman–Crippen LogP) is 7.12. The average molecular weight is 637 g/mol. The Hall–Kier alpha value is -5.11. The van der Waals surface area contributed by atoms with E-state index in [4.69, 9.17) is 0 Å². The Bertz CT molecular complexity index is 1770. The summed E-state index contributed by atoms with van der Waals surface area (Å²) in [5.41, 5.74) is 3.81. The summed E-state index contributed by atoms with van der Waals surface area (Å²) in [6.45, 7) is 5.75. The molecule has 1 aliphatic rings. The second kappa shape index (κ2) is 12.9. The van der Waals surface area contributed by atoms with E-state index >= 15 is 0 Å². The summed E-state index contributed by atoms with van der Waals surface area (Å²) in [6, 6.07) is 18.2. The zero-order chi connectivity index (χ0) is 32.3. The number of hydrogen-bond donors (Lipinski definition) is 2. The van der Waals surface area contributed by atoms with Crippen LogP contribution in [0.3, 0.4) is 0 Å². The molecule has 1 fully saturated rings. The molecular weight excluding hydrogens is 609 g/mol. The lowest BCUT2D eigenvalue weighted by Gasteiger charge is -2.21. The highest BCUT2D eigenvalue weighted by molar-refractivity contribution is 8.15. The first-order valence-corrected chi connectivity index (χ1v) is 14.6. The number of aliphatic imine (C=N–C) groups is 1. The predicted molar refractivity (Wildman–Crippen MR) is 166 cm³/mol. The summed E-state index contributed by atoms with van der Waals surface area (Å²) in [5.74, 6) is -0.771. The highest BCUT2D eigenvalue weighted by Gasteiger charge is 2.32. The molecule has 1 saturated heterocycles. The number of rotatable bonds is 7. The fourth-order valence-corrected chi connectivity index (χ4v) is 5.37. The van der Waals surface area contributed by atoms with Gasteiger partial charge in [-0.15, -0.1) is 13.2 Å². The number of para-hydroxylation sites is 1. The number of amidine groups is 1. The molecule has 2 N–H and O–H groups in total. The number of thioether (sulfide) groups is 1. The Morgan fingerprint density at radius 2 is 1.69 bits per heavy atom. The van der Waals surface area contributed by atoms with Crippen LogP contribution >= 0.6 is 11.8 Å². The number of ether oxygens (including phenoxy) is 1. The lowest BCUT2D eigenvalue weighted by atomic mass is 10.0. The van der Waals surface area contributed by atoms with E-state index in [0.717, 1.165) is 17.7 Å². The summed E-state index contributed by atoms with van der Waals surface area (Å²) in [5, 5.41) is 10.1. The largest absolute Gasteiger partial charge is 0.573 e. The third kappa shape index (κ3) is 7.52. The van der Waals surface area contributed by atoms with Crippen molar-refractivity contribution in [2.45, 2.75) is 33.1 Å². The lowest BCUT2D eigenvalue weighted by Crippen LogP contribution is -2.31. The smallest absolute Gasteiger partial charge is 0.406 e. The number of urea groups is 1. The molecule has 0 atom stereocenters. The number of halogens is 3. The normalized spacial score (nSPS) is 14.2. The van der Waals surface area contributed by atoms with E-state index in [0.29, 0.717) is 33.6 Å². The topological polar surface area (TPSA) is 118 Å². The summed E-state index contributed by atoms with van der Waals surface area (Å²) < 4.78 is 42.5. The molecule has 0 aliphatic carbocycles. The van der Waals surface area contributed by atoms with Crippen LogP contribution in [0.1, 0.15) is 41.4 Å². The van der Waals surface area contributed by atoms with E-state index in [1.807, 2.05) is 38.1 Å². The Balaban J connectivity index is 1.24. The number of anilines is 3. The minimum absolute atomic E-state index is 0.132. The highest BCUT2D eigenvalue weighted by atomic mass is 32.2. The van der Waals surface area contributed by atoms with Crippen molar-refractivity contribution in [3.63, 3.8) is 0 Å². The van der Waals surface area contributed by atoms with Crippen LogP contribution in [-0.4, -0.2) is 44.9 Å². The van der Waals surface area contributed by atoms with Crippen LogP contribution in [0.4, 0.5) is 35.0 Å². The molecule has 0 unspecified atom stereocenters. The SMILES string of the molecule is Cc1nn(-c2ccc(NC(=O)/N=C3\SCC(=O)N3c3ccccc3C(C)C)cc2)cc1NC(=O)c1ccc(OC(F)(F)F)cc1. The van der Waals surface area contributed by atoms with E-state index in [1.165, 1.54) is 33.5 Å². The van der Waals surface area contributed by atoms with Gasteiger partial charge in [-0.25, -0.2) is 9.48 Å². The molecule has 10 nitrogen and oxygen atoms in total. The van der Waals surface area contributed by atoms with Gasteiger partial charge in [-0.1, -0.05) is 43.8 Å². The van der Waals surface area contributed by atoms with Crippen LogP contribution in [0.15, 0.2) is 84.0 Å². The number of benzene rings is 3. The van der Waals surface area contributed by atoms with Gasteiger partial charge in [0.1, 0.15) is 5.75 Å². The van der Waals surface area contributed by atoms with Crippen LogP contribution in [0.2, 0.25) is 0 Å². The number of nitrogens with one attached hydrogen (secondary N) is 2. The van der Waals surface area contributed by atoms with Crippen LogP contribution in [-0.2, 0) is 4.79 Å². The second-order valence-corrected chi connectivity index (χ2v) is 11.1. The van der Waals surface area contributed by atoms with Crippen LogP contribution in [0.25, 0.3) is 5.69 Å². The molecule has 232 valence electrons. The quantitative estimate of drug-likeness (QED) is 0.223. The zero-order valence-electron chi connectivity index (χ0n) is 24.3. The van der Waals surface area contributed by atoms with E-state index in [9.17, 15) is 27.6 Å². The standard InChI is InChI=1S/C31H27F3N6O4S/c1-18(2)24-6-4-5-7-26(24)40-27(41)17-45-30(40)37-29(43)35-21-10-12-22(13-11-21)39-16-25(19(3)38-39)36-28(42)20-8-14-23(15-9-20)44-31(32,33)34/h4-16,18H,17H2,1-3H3,(H,35,43)(H,36,42)/b37-30-. The summed E-state index contributed by atoms with van der Waals surface area (Å²) >= 11 is 1.20. The minimum atomic E-state index is -4.83. The minimum Gasteiger partial charge on any atom is -0.406 e. The van der Waals surface area contributed by atoms with Gasteiger partial charge >= 0.3 is 12.4 Å². The number of aromatic nitrogens is 2. The van der Waals surface area contributed by atoms with Gasteiger partial charge in [0.25, 0.3) is 5.91 Å². The van der Waals surface area contributed by atoms with E-state index in [2.05, 4.69) is 25.5 Å². The van der Waals surface area contributed by atoms with Crippen LogP contribution in [0.5, 0.6) is 5.75 Å². The second-order valence-electron chi connectivity index (χ2n) is 10.2. The lowest BCUT2D eigenvalue weighted by molar-refractivity contribution is -0.274.